The third-order valence-corrected chi connectivity index (χ3v) is 2.61. The van der Waals surface area contributed by atoms with Crippen LogP contribution in [0, 0.1) is 6.92 Å². The van der Waals surface area contributed by atoms with Crippen LogP contribution in [0.15, 0.2) is 6.08 Å². The lowest BCUT2D eigenvalue weighted by Crippen LogP contribution is -1.78. The smallest absolute Gasteiger partial charge is 0.0904 e. The molecule has 0 fully saturated rings. The first-order valence-corrected chi connectivity index (χ1v) is 6.68. The van der Waals surface area contributed by atoms with Gasteiger partial charge in [-0.25, -0.2) is 4.98 Å². The van der Waals surface area contributed by atoms with Gasteiger partial charge < -0.3 is 0 Å². The Hall–Kier alpha value is -0.630. The van der Waals surface area contributed by atoms with E-state index in [0.29, 0.717) is 0 Å². The van der Waals surface area contributed by atoms with Crippen LogP contribution in [-0.4, -0.2) is 4.98 Å². The lowest BCUT2D eigenvalue weighted by atomic mass is 10.3. The molecule has 0 aliphatic heterocycles. The Morgan fingerprint density at radius 1 is 1.20 bits per heavy atom. The third kappa shape index (κ3) is 6.45. The predicted molar refractivity (Wildman–Crippen MR) is 73.6 cm³/mol. The van der Waals surface area contributed by atoms with Gasteiger partial charge in [0.2, 0.25) is 0 Å². The Bertz CT molecular complexity index is 261. The van der Waals surface area contributed by atoms with Gasteiger partial charge in [-0.3, -0.25) is 0 Å². The summed E-state index contributed by atoms with van der Waals surface area (Å²) in [5.74, 6) is 0. The van der Waals surface area contributed by atoms with Crippen molar-refractivity contribution in [1.29, 1.82) is 0 Å². The lowest BCUT2D eigenvalue weighted by Gasteiger charge is -1.88. The van der Waals surface area contributed by atoms with Crippen LogP contribution in [-0.2, 0) is 6.42 Å². The second kappa shape index (κ2) is 11.4. The highest BCUT2D eigenvalue weighted by Gasteiger charge is 2.02. The summed E-state index contributed by atoms with van der Waals surface area (Å²) in [6, 6.07) is 0. The van der Waals surface area contributed by atoms with Crippen LogP contribution in [0.4, 0.5) is 0 Å². The lowest BCUT2D eigenvalue weighted by molar-refractivity contribution is 1.15. The highest BCUT2D eigenvalue weighted by atomic mass is 32.1. The van der Waals surface area contributed by atoms with Gasteiger partial charge in [-0.15, -0.1) is 11.3 Å². The second-order valence-electron chi connectivity index (χ2n) is 2.39. The van der Waals surface area contributed by atoms with Crippen molar-refractivity contribution in [3.63, 3.8) is 0 Å². The molecule has 1 rings (SSSR count). The SMILES string of the molecule is C/C=C\c1nc(C)sc1CC.CC.CC. The molecule has 0 aliphatic carbocycles. The minimum atomic E-state index is 1.09. The van der Waals surface area contributed by atoms with E-state index in [2.05, 4.69) is 24.9 Å². The highest BCUT2D eigenvalue weighted by Crippen LogP contribution is 2.19. The van der Waals surface area contributed by atoms with Crippen LogP contribution in [0.25, 0.3) is 6.08 Å². The summed E-state index contributed by atoms with van der Waals surface area (Å²) in [7, 11) is 0. The normalized spacial score (nSPS) is 9.00. The van der Waals surface area contributed by atoms with Gasteiger partial charge in [0.15, 0.2) is 0 Å². The fourth-order valence-electron chi connectivity index (χ4n) is 1.03. The van der Waals surface area contributed by atoms with Crippen molar-refractivity contribution >= 4 is 17.4 Å². The number of rotatable bonds is 2. The molecule has 0 unspecified atom stereocenters. The number of thiazole rings is 1. The van der Waals surface area contributed by atoms with E-state index < -0.39 is 0 Å². The van der Waals surface area contributed by atoms with Gasteiger partial charge >= 0.3 is 0 Å². The molecular weight excluding hydrogens is 202 g/mol. The molecule has 2 heteroatoms. The van der Waals surface area contributed by atoms with Gasteiger partial charge in [-0.2, -0.15) is 0 Å². The minimum Gasteiger partial charge on any atom is -0.242 e. The first-order valence-electron chi connectivity index (χ1n) is 5.87. The van der Waals surface area contributed by atoms with Crippen molar-refractivity contribution in [2.24, 2.45) is 0 Å². The Balaban J connectivity index is 0. The van der Waals surface area contributed by atoms with E-state index in [4.69, 9.17) is 0 Å². The maximum Gasteiger partial charge on any atom is 0.0904 e. The molecule has 0 amide bonds. The Morgan fingerprint density at radius 2 is 1.73 bits per heavy atom. The molecule has 0 N–H and O–H groups in total. The van der Waals surface area contributed by atoms with E-state index >= 15 is 0 Å². The number of hydrogen-bond donors (Lipinski definition) is 0. The number of aromatic nitrogens is 1. The monoisotopic (exact) mass is 227 g/mol. The van der Waals surface area contributed by atoms with Gasteiger partial charge in [-0.05, 0) is 26.3 Å². The quantitative estimate of drug-likeness (QED) is 0.685. The molecule has 1 aromatic rings. The van der Waals surface area contributed by atoms with E-state index in [1.54, 1.807) is 11.3 Å². The van der Waals surface area contributed by atoms with Crippen LogP contribution < -0.4 is 0 Å². The van der Waals surface area contributed by atoms with Gasteiger partial charge in [0.05, 0.1) is 10.7 Å². The van der Waals surface area contributed by atoms with Crippen molar-refractivity contribution in [2.75, 3.05) is 0 Å². The van der Waals surface area contributed by atoms with Crippen LogP contribution in [0.5, 0.6) is 0 Å². The minimum absolute atomic E-state index is 1.09. The van der Waals surface area contributed by atoms with Gasteiger partial charge in [0.25, 0.3) is 0 Å². The van der Waals surface area contributed by atoms with E-state index in [1.807, 2.05) is 40.7 Å². The van der Waals surface area contributed by atoms with Crippen LogP contribution in [0.1, 0.15) is 57.1 Å². The zero-order chi connectivity index (χ0) is 12.3. The van der Waals surface area contributed by atoms with Gasteiger partial charge in [0, 0.05) is 4.88 Å². The summed E-state index contributed by atoms with van der Waals surface area (Å²) in [5, 5.41) is 1.16. The molecule has 1 heterocycles. The third-order valence-electron chi connectivity index (χ3n) is 1.48. The molecule has 0 bridgehead atoms. The summed E-state index contributed by atoms with van der Waals surface area (Å²) >= 11 is 1.79. The summed E-state index contributed by atoms with van der Waals surface area (Å²) < 4.78 is 0. The fraction of sp³-hybridized carbons (Fsp3) is 0.615. The molecule has 0 aromatic carbocycles. The molecule has 0 atom stereocenters. The molecule has 0 saturated heterocycles. The van der Waals surface area contributed by atoms with Crippen LogP contribution >= 0.6 is 11.3 Å². The Morgan fingerprint density at radius 3 is 2.13 bits per heavy atom. The molecule has 0 radical (unpaired) electrons. The molecular formula is C13H25NS. The van der Waals surface area contributed by atoms with E-state index in [-0.39, 0.29) is 0 Å². The number of hydrogen-bond acceptors (Lipinski definition) is 2. The second-order valence-corrected chi connectivity index (χ2v) is 3.68. The molecule has 15 heavy (non-hydrogen) atoms. The topological polar surface area (TPSA) is 12.9 Å². The number of allylic oxidation sites excluding steroid dienone is 1. The number of aryl methyl sites for hydroxylation is 2. The summed E-state index contributed by atoms with van der Waals surface area (Å²) in [6.07, 6.45) is 5.20. The fourth-order valence-corrected chi connectivity index (χ4v) is 1.89. The summed E-state index contributed by atoms with van der Waals surface area (Å²) in [4.78, 5) is 5.79. The molecule has 1 aromatic heterocycles. The first kappa shape index (κ1) is 16.8. The van der Waals surface area contributed by atoms with Gasteiger partial charge in [-0.1, -0.05) is 40.7 Å². The van der Waals surface area contributed by atoms with E-state index in [0.717, 1.165) is 17.1 Å². The van der Waals surface area contributed by atoms with E-state index in [1.165, 1.54) is 4.88 Å². The highest BCUT2D eigenvalue weighted by molar-refractivity contribution is 7.11. The number of nitrogens with zero attached hydrogens (tertiary/aromatic N) is 1. The first-order chi connectivity index (χ1) is 7.27. The van der Waals surface area contributed by atoms with Gasteiger partial charge in [0.1, 0.15) is 0 Å². The summed E-state index contributed by atoms with van der Waals surface area (Å²) in [6.45, 7) is 14.2. The summed E-state index contributed by atoms with van der Waals surface area (Å²) in [5.41, 5.74) is 1.15. The van der Waals surface area contributed by atoms with Crippen LogP contribution in [0.2, 0.25) is 0 Å². The van der Waals surface area contributed by atoms with Crippen LogP contribution in [0.3, 0.4) is 0 Å². The van der Waals surface area contributed by atoms with E-state index in [9.17, 15) is 0 Å². The molecule has 0 saturated carbocycles. The Labute approximate surface area is 99.3 Å². The van der Waals surface area contributed by atoms with Crippen molar-refractivity contribution in [3.05, 3.63) is 21.7 Å². The molecule has 0 spiro atoms. The molecule has 0 aliphatic rings. The van der Waals surface area contributed by atoms with Crippen molar-refractivity contribution in [3.8, 4) is 0 Å². The van der Waals surface area contributed by atoms with Crippen molar-refractivity contribution in [2.45, 2.75) is 54.9 Å². The molecule has 1 nitrogen and oxygen atoms in total. The maximum absolute atomic E-state index is 4.40. The zero-order valence-corrected chi connectivity index (χ0v) is 12.0. The zero-order valence-electron chi connectivity index (χ0n) is 11.2. The largest absolute Gasteiger partial charge is 0.242 e. The molecule has 88 valence electrons. The average molecular weight is 227 g/mol. The predicted octanol–water partition coefficient (Wildman–Crippen LogP) is 5.10. The standard InChI is InChI=1S/C9H13NS.2C2H6/c1-4-6-8-9(5-2)11-7(3)10-8;2*1-2/h4,6H,5H2,1-3H3;2*1-2H3/b6-4-;;. The van der Waals surface area contributed by atoms with Crippen molar-refractivity contribution in [1.82, 2.24) is 4.98 Å². The Kier molecular flexibility index (Phi) is 12.8. The maximum atomic E-state index is 4.40. The van der Waals surface area contributed by atoms with Crippen molar-refractivity contribution < 1.29 is 0 Å². The average Bonchev–Trinajstić information content (AvgIpc) is 2.65.